The Morgan fingerprint density at radius 2 is 2.00 bits per heavy atom. The molecule has 0 aliphatic heterocycles. The number of rotatable bonds is 4. The Bertz CT molecular complexity index is 130. The lowest BCUT2D eigenvalue weighted by Gasteiger charge is -2.14. The van der Waals surface area contributed by atoms with Crippen LogP contribution in [0.1, 0.15) is 6.92 Å². The fourth-order valence-corrected chi connectivity index (χ4v) is 0.432. The van der Waals surface area contributed by atoms with Crippen LogP contribution >= 0.6 is 0 Å². The van der Waals surface area contributed by atoms with E-state index >= 15 is 0 Å². The van der Waals surface area contributed by atoms with Crippen molar-refractivity contribution < 1.29 is 20.4 Å². The van der Waals surface area contributed by atoms with E-state index in [1.54, 1.807) is 0 Å². The molecule has 0 heterocycles. The first kappa shape index (κ1) is 10.6. The highest BCUT2D eigenvalue weighted by atomic mass is 16.3. The van der Waals surface area contributed by atoms with Crippen molar-refractivity contribution in [3.63, 3.8) is 0 Å². The van der Waals surface area contributed by atoms with Crippen LogP contribution in [0, 0.1) is 0 Å². The van der Waals surface area contributed by atoms with Crippen molar-refractivity contribution in [2.75, 3.05) is 13.2 Å². The minimum atomic E-state index is -1.32. The predicted octanol–water partition coefficient (Wildman–Crippen LogP) is -1.36. The van der Waals surface area contributed by atoms with Crippen LogP contribution in [0.5, 0.6) is 0 Å². The molecule has 4 heteroatoms. The van der Waals surface area contributed by atoms with Crippen molar-refractivity contribution in [2.24, 2.45) is 0 Å². The molecule has 0 aliphatic carbocycles. The van der Waals surface area contributed by atoms with Crippen molar-refractivity contribution in [3.8, 4) is 0 Å². The third-order valence-electron chi connectivity index (χ3n) is 1.18. The Labute approximate surface area is 65.4 Å². The summed E-state index contributed by atoms with van der Waals surface area (Å²) in [5, 5.41) is 34.8. The third-order valence-corrected chi connectivity index (χ3v) is 1.18. The summed E-state index contributed by atoms with van der Waals surface area (Å²) in [7, 11) is 0. The normalized spacial score (nSPS) is 20.1. The van der Waals surface area contributed by atoms with E-state index < -0.39 is 24.9 Å². The molecular weight excluding hydrogens is 148 g/mol. The van der Waals surface area contributed by atoms with Gasteiger partial charge in [0.25, 0.3) is 0 Å². The Morgan fingerprint density at radius 1 is 1.45 bits per heavy atom. The van der Waals surface area contributed by atoms with Gasteiger partial charge >= 0.3 is 0 Å². The minimum Gasteiger partial charge on any atom is -0.393 e. The SMILES string of the molecule is C[C@](O)(/C=C\[C@H](O)CO)CO. The van der Waals surface area contributed by atoms with Crippen molar-refractivity contribution in [3.05, 3.63) is 12.2 Å². The Hall–Kier alpha value is -0.420. The van der Waals surface area contributed by atoms with E-state index in [4.69, 9.17) is 20.4 Å². The maximum Gasteiger partial charge on any atom is 0.103 e. The van der Waals surface area contributed by atoms with Crippen molar-refractivity contribution in [1.82, 2.24) is 0 Å². The van der Waals surface area contributed by atoms with Gasteiger partial charge in [-0.2, -0.15) is 0 Å². The number of hydrogen-bond acceptors (Lipinski definition) is 4. The second-order valence-corrected chi connectivity index (χ2v) is 2.62. The van der Waals surface area contributed by atoms with Crippen molar-refractivity contribution in [2.45, 2.75) is 18.6 Å². The van der Waals surface area contributed by atoms with Gasteiger partial charge < -0.3 is 20.4 Å². The van der Waals surface area contributed by atoms with E-state index in [0.29, 0.717) is 0 Å². The smallest absolute Gasteiger partial charge is 0.103 e. The summed E-state index contributed by atoms with van der Waals surface area (Å²) in [6.07, 6.45) is 1.50. The maximum atomic E-state index is 9.14. The zero-order valence-corrected chi connectivity index (χ0v) is 6.44. The summed E-state index contributed by atoms with van der Waals surface area (Å²) in [5.74, 6) is 0. The van der Waals surface area contributed by atoms with Gasteiger partial charge in [0.1, 0.15) is 5.60 Å². The fourth-order valence-electron chi connectivity index (χ4n) is 0.432. The van der Waals surface area contributed by atoms with Crippen LogP contribution < -0.4 is 0 Å². The minimum absolute atomic E-state index is 0.391. The van der Waals surface area contributed by atoms with Gasteiger partial charge in [0.2, 0.25) is 0 Å². The molecule has 0 saturated carbocycles. The summed E-state index contributed by atoms with van der Waals surface area (Å²) >= 11 is 0. The van der Waals surface area contributed by atoms with Crippen molar-refractivity contribution >= 4 is 0 Å². The average molecular weight is 162 g/mol. The summed E-state index contributed by atoms with van der Waals surface area (Å²) in [4.78, 5) is 0. The molecule has 0 spiro atoms. The van der Waals surface area contributed by atoms with Gasteiger partial charge in [-0.15, -0.1) is 0 Å². The van der Waals surface area contributed by atoms with Gasteiger partial charge in [-0.3, -0.25) is 0 Å². The molecule has 0 unspecified atom stereocenters. The molecule has 0 aromatic carbocycles. The number of hydrogen-bond donors (Lipinski definition) is 4. The van der Waals surface area contributed by atoms with Crippen LogP contribution in [0.2, 0.25) is 0 Å². The standard InChI is InChI=1S/C7H14O4/c1-7(11,5-9)3-2-6(10)4-8/h2-3,6,8-11H,4-5H2,1H3/b3-2-/t6-,7-/m0/s1. The Balaban J connectivity index is 3.90. The topological polar surface area (TPSA) is 80.9 Å². The van der Waals surface area contributed by atoms with E-state index in [2.05, 4.69) is 0 Å². The monoisotopic (exact) mass is 162 g/mol. The zero-order valence-electron chi connectivity index (χ0n) is 6.44. The molecule has 66 valence electrons. The molecule has 0 bridgehead atoms. The van der Waals surface area contributed by atoms with Crippen LogP contribution in [-0.2, 0) is 0 Å². The molecule has 4 nitrogen and oxygen atoms in total. The van der Waals surface area contributed by atoms with E-state index in [9.17, 15) is 0 Å². The highest BCUT2D eigenvalue weighted by Crippen LogP contribution is 2.03. The first-order valence-corrected chi connectivity index (χ1v) is 3.33. The average Bonchev–Trinajstić information content (AvgIpc) is 2.00. The summed E-state index contributed by atoms with van der Waals surface area (Å²) < 4.78 is 0. The molecule has 0 saturated heterocycles. The highest BCUT2D eigenvalue weighted by Gasteiger charge is 2.14. The Kier molecular flexibility index (Phi) is 4.29. The quantitative estimate of drug-likeness (QED) is 0.385. The fraction of sp³-hybridized carbons (Fsp3) is 0.714. The van der Waals surface area contributed by atoms with Crippen LogP contribution in [-0.4, -0.2) is 45.3 Å². The molecule has 0 amide bonds. The molecule has 0 fully saturated rings. The maximum absolute atomic E-state index is 9.14. The highest BCUT2D eigenvalue weighted by molar-refractivity contribution is 5.00. The first-order chi connectivity index (χ1) is 5.02. The van der Waals surface area contributed by atoms with Gasteiger partial charge in [-0.25, -0.2) is 0 Å². The lowest BCUT2D eigenvalue weighted by molar-refractivity contribution is 0.0417. The molecule has 2 atom stereocenters. The second-order valence-electron chi connectivity index (χ2n) is 2.62. The molecule has 0 radical (unpaired) electrons. The summed E-state index contributed by atoms with van der Waals surface area (Å²) in [6.45, 7) is 0.591. The van der Waals surface area contributed by atoms with Crippen LogP contribution in [0.25, 0.3) is 0 Å². The lowest BCUT2D eigenvalue weighted by atomic mass is 10.1. The molecule has 0 aromatic rings. The zero-order chi connectivity index (χ0) is 8.91. The van der Waals surface area contributed by atoms with Crippen LogP contribution in [0.4, 0.5) is 0 Å². The molecular formula is C7H14O4. The lowest BCUT2D eigenvalue weighted by Crippen LogP contribution is -2.26. The van der Waals surface area contributed by atoms with Crippen LogP contribution in [0.15, 0.2) is 12.2 Å². The van der Waals surface area contributed by atoms with Gasteiger partial charge in [0, 0.05) is 0 Å². The molecule has 0 rings (SSSR count). The van der Waals surface area contributed by atoms with Gasteiger partial charge in [-0.1, -0.05) is 12.2 Å². The molecule has 11 heavy (non-hydrogen) atoms. The first-order valence-electron chi connectivity index (χ1n) is 3.33. The number of aliphatic hydroxyl groups excluding tert-OH is 3. The van der Waals surface area contributed by atoms with Gasteiger partial charge in [0.15, 0.2) is 0 Å². The van der Waals surface area contributed by atoms with Gasteiger partial charge in [-0.05, 0) is 6.92 Å². The van der Waals surface area contributed by atoms with E-state index in [1.165, 1.54) is 19.1 Å². The molecule has 0 aromatic heterocycles. The second kappa shape index (κ2) is 4.46. The van der Waals surface area contributed by atoms with E-state index in [1.807, 2.05) is 0 Å². The predicted molar refractivity (Wildman–Crippen MR) is 39.9 cm³/mol. The third kappa shape index (κ3) is 4.92. The van der Waals surface area contributed by atoms with Crippen LogP contribution in [0.3, 0.4) is 0 Å². The van der Waals surface area contributed by atoms with Crippen molar-refractivity contribution in [1.29, 1.82) is 0 Å². The number of aliphatic hydroxyl groups is 4. The van der Waals surface area contributed by atoms with E-state index in [0.717, 1.165) is 0 Å². The van der Waals surface area contributed by atoms with E-state index in [-0.39, 0.29) is 0 Å². The summed E-state index contributed by atoms with van der Waals surface area (Å²) in [6, 6.07) is 0. The Morgan fingerprint density at radius 3 is 2.36 bits per heavy atom. The largest absolute Gasteiger partial charge is 0.393 e. The molecule has 0 aliphatic rings. The molecule has 4 N–H and O–H groups in total. The summed E-state index contributed by atoms with van der Waals surface area (Å²) in [5.41, 5.74) is -1.32. The van der Waals surface area contributed by atoms with Gasteiger partial charge in [0.05, 0.1) is 19.3 Å².